The van der Waals surface area contributed by atoms with Gasteiger partial charge in [0.15, 0.2) is 0 Å². The number of hydrogen-bond donors (Lipinski definition) is 0. The third kappa shape index (κ3) is 5.47. The highest BCUT2D eigenvalue weighted by Gasteiger charge is 2.07. The summed E-state index contributed by atoms with van der Waals surface area (Å²) in [5.74, 6) is -0.675. The third-order valence-electron chi connectivity index (χ3n) is 0.859. The summed E-state index contributed by atoms with van der Waals surface area (Å²) in [5, 5.41) is 0. The summed E-state index contributed by atoms with van der Waals surface area (Å²) in [4.78, 5) is 10.1. The standard InChI is InChI=1S/C6H10F2O2/c1-5(9)10-6(8)3-2-4-7/h6H,2-4H2,1H3. The Hall–Kier alpha value is -0.670. The lowest BCUT2D eigenvalue weighted by molar-refractivity contribution is -0.155. The second-order valence-electron chi connectivity index (χ2n) is 1.85. The molecule has 0 heterocycles. The minimum absolute atomic E-state index is 0.0594. The Bertz CT molecular complexity index is 106. The van der Waals surface area contributed by atoms with Crippen LogP contribution in [0.15, 0.2) is 0 Å². The Morgan fingerprint density at radius 3 is 2.70 bits per heavy atom. The van der Waals surface area contributed by atoms with Crippen molar-refractivity contribution < 1.29 is 18.3 Å². The molecule has 0 fully saturated rings. The zero-order chi connectivity index (χ0) is 7.98. The highest BCUT2D eigenvalue weighted by Crippen LogP contribution is 2.03. The van der Waals surface area contributed by atoms with Crippen LogP contribution in [0.2, 0.25) is 0 Å². The van der Waals surface area contributed by atoms with Crippen molar-refractivity contribution in [1.82, 2.24) is 0 Å². The van der Waals surface area contributed by atoms with Crippen molar-refractivity contribution >= 4 is 5.97 Å². The summed E-state index contributed by atoms with van der Waals surface area (Å²) in [5.41, 5.74) is 0. The van der Waals surface area contributed by atoms with E-state index in [0.29, 0.717) is 0 Å². The van der Waals surface area contributed by atoms with Gasteiger partial charge in [-0.05, 0) is 6.42 Å². The number of alkyl halides is 2. The Morgan fingerprint density at radius 1 is 1.70 bits per heavy atom. The van der Waals surface area contributed by atoms with Crippen molar-refractivity contribution in [2.45, 2.75) is 26.1 Å². The van der Waals surface area contributed by atoms with E-state index in [9.17, 15) is 13.6 Å². The molecule has 10 heavy (non-hydrogen) atoms. The van der Waals surface area contributed by atoms with E-state index in [2.05, 4.69) is 4.74 Å². The van der Waals surface area contributed by atoms with Crippen LogP contribution < -0.4 is 0 Å². The molecule has 0 aliphatic carbocycles. The van der Waals surface area contributed by atoms with Crippen LogP contribution in [0.1, 0.15) is 19.8 Å². The first-order valence-corrected chi connectivity index (χ1v) is 3.04. The number of hydrogen-bond acceptors (Lipinski definition) is 2. The number of esters is 1. The predicted molar refractivity (Wildman–Crippen MR) is 31.9 cm³/mol. The summed E-state index contributed by atoms with van der Waals surface area (Å²) in [7, 11) is 0. The number of carbonyl (C=O) groups excluding carboxylic acids is 1. The highest BCUT2D eigenvalue weighted by molar-refractivity contribution is 5.65. The fraction of sp³-hybridized carbons (Fsp3) is 0.833. The Labute approximate surface area is 58.2 Å². The molecule has 0 amide bonds. The molecule has 0 N–H and O–H groups in total. The van der Waals surface area contributed by atoms with Crippen molar-refractivity contribution in [2.24, 2.45) is 0 Å². The van der Waals surface area contributed by atoms with Gasteiger partial charge < -0.3 is 4.74 Å². The van der Waals surface area contributed by atoms with Gasteiger partial charge in [0.2, 0.25) is 6.36 Å². The van der Waals surface area contributed by atoms with E-state index in [-0.39, 0.29) is 12.8 Å². The van der Waals surface area contributed by atoms with E-state index >= 15 is 0 Å². The minimum atomic E-state index is -1.65. The predicted octanol–water partition coefficient (Wildman–Crippen LogP) is 1.59. The second-order valence-corrected chi connectivity index (χ2v) is 1.85. The first-order valence-electron chi connectivity index (χ1n) is 3.04. The number of rotatable bonds is 4. The van der Waals surface area contributed by atoms with E-state index in [0.717, 1.165) is 6.92 Å². The highest BCUT2D eigenvalue weighted by atomic mass is 19.1. The third-order valence-corrected chi connectivity index (χ3v) is 0.859. The van der Waals surface area contributed by atoms with E-state index < -0.39 is 19.0 Å². The number of halogens is 2. The Kier molecular flexibility index (Phi) is 4.80. The molecule has 60 valence electrons. The van der Waals surface area contributed by atoms with Crippen molar-refractivity contribution in [1.29, 1.82) is 0 Å². The normalized spacial score (nSPS) is 12.7. The van der Waals surface area contributed by atoms with Crippen molar-refractivity contribution in [3.63, 3.8) is 0 Å². The van der Waals surface area contributed by atoms with Gasteiger partial charge in [-0.3, -0.25) is 9.18 Å². The van der Waals surface area contributed by atoms with E-state index in [4.69, 9.17) is 0 Å². The molecule has 0 aromatic carbocycles. The number of ether oxygens (including phenoxy) is 1. The minimum Gasteiger partial charge on any atom is -0.431 e. The molecule has 0 aromatic rings. The van der Waals surface area contributed by atoms with E-state index in [1.807, 2.05) is 0 Å². The monoisotopic (exact) mass is 152 g/mol. The molecule has 0 spiro atoms. The summed E-state index contributed by atoms with van der Waals surface area (Å²) in [6.45, 7) is 0.531. The average molecular weight is 152 g/mol. The molecule has 1 unspecified atom stereocenters. The van der Waals surface area contributed by atoms with Crippen LogP contribution in [0.3, 0.4) is 0 Å². The van der Waals surface area contributed by atoms with Crippen LogP contribution in [0, 0.1) is 0 Å². The fourth-order valence-electron chi connectivity index (χ4n) is 0.477. The largest absolute Gasteiger partial charge is 0.431 e. The van der Waals surface area contributed by atoms with Gasteiger partial charge in [-0.15, -0.1) is 0 Å². The maximum absolute atomic E-state index is 12.2. The summed E-state index contributed by atoms with van der Waals surface area (Å²) in [6.07, 6.45) is -1.61. The van der Waals surface area contributed by atoms with Crippen LogP contribution in [0.5, 0.6) is 0 Å². The maximum Gasteiger partial charge on any atom is 0.305 e. The molecule has 0 aliphatic rings. The molecule has 4 heteroatoms. The van der Waals surface area contributed by atoms with Crippen LogP contribution >= 0.6 is 0 Å². The lowest BCUT2D eigenvalue weighted by atomic mass is 10.3. The summed E-state index contributed by atoms with van der Waals surface area (Å²) in [6, 6.07) is 0. The molecule has 0 radical (unpaired) electrons. The first kappa shape index (κ1) is 9.33. The van der Waals surface area contributed by atoms with Crippen LogP contribution in [0.4, 0.5) is 8.78 Å². The fourth-order valence-corrected chi connectivity index (χ4v) is 0.477. The lowest BCUT2D eigenvalue weighted by Gasteiger charge is -2.05. The number of carbonyl (C=O) groups is 1. The van der Waals surface area contributed by atoms with Crippen LogP contribution in [-0.4, -0.2) is 19.0 Å². The summed E-state index contributed by atoms with van der Waals surface area (Å²) >= 11 is 0. The van der Waals surface area contributed by atoms with Gasteiger partial charge in [-0.2, -0.15) is 0 Å². The molecule has 1 atom stereocenters. The van der Waals surface area contributed by atoms with E-state index in [1.165, 1.54) is 0 Å². The van der Waals surface area contributed by atoms with Crippen molar-refractivity contribution in [3.05, 3.63) is 0 Å². The molecular formula is C6H10F2O2. The molecule has 0 rings (SSSR count). The van der Waals surface area contributed by atoms with E-state index in [1.54, 1.807) is 0 Å². The van der Waals surface area contributed by atoms with Crippen LogP contribution in [0.25, 0.3) is 0 Å². The zero-order valence-corrected chi connectivity index (χ0v) is 5.77. The van der Waals surface area contributed by atoms with Gasteiger partial charge in [0.05, 0.1) is 6.67 Å². The Morgan fingerprint density at radius 2 is 2.30 bits per heavy atom. The first-order chi connectivity index (χ1) is 4.66. The molecule has 2 nitrogen and oxygen atoms in total. The van der Waals surface area contributed by atoms with Crippen molar-refractivity contribution in [3.8, 4) is 0 Å². The van der Waals surface area contributed by atoms with Gasteiger partial charge in [0, 0.05) is 13.3 Å². The summed E-state index contributed by atoms with van der Waals surface area (Å²) < 4.78 is 27.7. The quantitative estimate of drug-likeness (QED) is 0.572. The second kappa shape index (κ2) is 5.14. The van der Waals surface area contributed by atoms with Crippen LogP contribution in [-0.2, 0) is 9.53 Å². The maximum atomic E-state index is 12.2. The average Bonchev–Trinajstić information content (AvgIpc) is 1.82. The molecule has 0 saturated heterocycles. The molecule has 0 aliphatic heterocycles. The molecule has 0 saturated carbocycles. The lowest BCUT2D eigenvalue weighted by Crippen LogP contribution is -2.10. The van der Waals surface area contributed by atoms with Gasteiger partial charge in [0.25, 0.3) is 0 Å². The molecule has 0 aromatic heterocycles. The van der Waals surface area contributed by atoms with Gasteiger partial charge in [-0.25, -0.2) is 4.39 Å². The zero-order valence-electron chi connectivity index (χ0n) is 5.77. The Balaban J connectivity index is 3.25. The molecule has 0 bridgehead atoms. The van der Waals surface area contributed by atoms with Gasteiger partial charge in [0.1, 0.15) is 0 Å². The van der Waals surface area contributed by atoms with Crippen molar-refractivity contribution in [2.75, 3.05) is 6.67 Å². The smallest absolute Gasteiger partial charge is 0.305 e. The van der Waals surface area contributed by atoms with Gasteiger partial charge in [-0.1, -0.05) is 0 Å². The molecular weight excluding hydrogens is 142 g/mol. The van der Waals surface area contributed by atoms with Gasteiger partial charge >= 0.3 is 5.97 Å². The SMILES string of the molecule is CC(=O)OC(F)CCCF. The topological polar surface area (TPSA) is 26.3 Å².